The van der Waals surface area contributed by atoms with Crippen LogP contribution in [0.25, 0.3) is 0 Å². The number of thioether (sulfide) groups is 1. The highest BCUT2D eigenvalue weighted by Crippen LogP contribution is 2.41. The average Bonchev–Trinajstić information content (AvgIpc) is 2.96. The first-order chi connectivity index (χ1) is 19.8. The summed E-state index contributed by atoms with van der Waals surface area (Å²) in [5.74, 6) is -4.77. The molecule has 5 nitrogen and oxygen atoms in total. The second-order valence-electron chi connectivity index (χ2n) is 9.43. The van der Waals surface area contributed by atoms with Gasteiger partial charge in [0.05, 0.1) is 23.6 Å². The largest absolute Gasteiger partial charge is 0.494 e. The van der Waals surface area contributed by atoms with E-state index in [1.807, 2.05) is 44.7 Å². The smallest absolute Gasteiger partial charge is 0.335 e. The van der Waals surface area contributed by atoms with Crippen molar-refractivity contribution in [2.75, 3.05) is 12.0 Å². The number of rotatable bonds is 10. The number of carboxylic acids is 1. The number of aromatic carboxylic acids is 1. The van der Waals surface area contributed by atoms with Crippen LogP contribution in [0.15, 0.2) is 60.3 Å². The van der Waals surface area contributed by atoms with Gasteiger partial charge in [0.1, 0.15) is 23.5 Å². The molecule has 0 amide bonds. The second kappa shape index (κ2) is 14.8. The Hall–Kier alpha value is -3.97. The number of carboxylic acid groups (broad SMARTS) is 1. The standard InChI is InChI=1S/C30H28F4N2O3S.C2H6/c1-6-28(30(3,4)20-7-9-23(31)19(11-20)15-35)36(21-8-10-24(32)27(14-21)39-5)17(2)40-16-22-25(33)12-18(29(37)38)13-26(22)34;1-2/h6-14,17H,16H2,1-5H3,(H,37,38);1-2H3/b28-6-;. The fourth-order valence-corrected chi connectivity index (χ4v) is 5.50. The van der Waals surface area contributed by atoms with Gasteiger partial charge in [-0.25, -0.2) is 22.4 Å². The Morgan fingerprint density at radius 1 is 1.05 bits per heavy atom. The molecule has 0 fully saturated rings. The van der Waals surface area contributed by atoms with Crippen LogP contribution >= 0.6 is 11.8 Å². The highest BCUT2D eigenvalue weighted by Gasteiger charge is 2.34. The molecule has 0 radical (unpaired) electrons. The molecule has 224 valence electrons. The van der Waals surface area contributed by atoms with Crippen LogP contribution in [0.2, 0.25) is 0 Å². The molecule has 42 heavy (non-hydrogen) atoms. The molecule has 10 heteroatoms. The van der Waals surface area contributed by atoms with Crippen molar-refractivity contribution in [3.63, 3.8) is 0 Å². The van der Waals surface area contributed by atoms with E-state index in [4.69, 9.17) is 9.84 Å². The Morgan fingerprint density at radius 3 is 2.17 bits per heavy atom. The maximum atomic E-state index is 14.7. The van der Waals surface area contributed by atoms with Gasteiger partial charge in [0, 0.05) is 34.2 Å². The average molecular weight is 603 g/mol. The van der Waals surface area contributed by atoms with Gasteiger partial charge < -0.3 is 14.7 Å². The second-order valence-corrected chi connectivity index (χ2v) is 10.7. The number of allylic oxidation sites excluding steroid dienone is 2. The third kappa shape index (κ3) is 7.45. The molecular weight excluding hydrogens is 568 g/mol. The highest BCUT2D eigenvalue weighted by molar-refractivity contribution is 7.99. The molecule has 0 aliphatic heterocycles. The zero-order valence-electron chi connectivity index (χ0n) is 24.6. The maximum absolute atomic E-state index is 14.7. The van der Waals surface area contributed by atoms with E-state index in [0.717, 1.165) is 12.1 Å². The lowest BCUT2D eigenvalue weighted by molar-refractivity contribution is 0.0695. The van der Waals surface area contributed by atoms with Crippen molar-refractivity contribution in [1.29, 1.82) is 5.26 Å². The predicted molar refractivity (Wildman–Crippen MR) is 159 cm³/mol. The molecule has 0 heterocycles. The van der Waals surface area contributed by atoms with E-state index in [2.05, 4.69) is 0 Å². The van der Waals surface area contributed by atoms with Gasteiger partial charge in [-0.2, -0.15) is 5.26 Å². The van der Waals surface area contributed by atoms with Crippen molar-refractivity contribution in [3.05, 3.63) is 106 Å². The van der Waals surface area contributed by atoms with E-state index >= 15 is 0 Å². The van der Waals surface area contributed by atoms with E-state index in [9.17, 15) is 27.6 Å². The van der Waals surface area contributed by atoms with Crippen molar-refractivity contribution >= 4 is 23.4 Å². The van der Waals surface area contributed by atoms with Gasteiger partial charge >= 0.3 is 5.97 Å². The third-order valence-electron chi connectivity index (χ3n) is 6.62. The molecule has 1 N–H and O–H groups in total. The van der Waals surface area contributed by atoms with E-state index in [-0.39, 0.29) is 22.6 Å². The van der Waals surface area contributed by atoms with Crippen LogP contribution in [0.1, 0.15) is 68.6 Å². The summed E-state index contributed by atoms with van der Waals surface area (Å²) >= 11 is 1.17. The van der Waals surface area contributed by atoms with E-state index in [1.165, 1.54) is 43.1 Å². The fraction of sp³-hybridized carbons (Fsp3) is 0.312. The van der Waals surface area contributed by atoms with Gasteiger partial charge in [0.25, 0.3) is 0 Å². The lowest BCUT2D eigenvalue weighted by atomic mass is 9.79. The first-order valence-corrected chi connectivity index (χ1v) is 14.2. The Labute approximate surface area is 248 Å². The topological polar surface area (TPSA) is 73.6 Å². The Bertz CT molecular complexity index is 1480. The molecule has 0 bridgehead atoms. The number of benzene rings is 3. The summed E-state index contributed by atoms with van der Waals surface area (Å²) in [6, 6.07) is 12.0. The Balaban J connectivity index is 0.00000301. The van der Waals surface area contributed by atoms with Crippen LogP contribution in [-0.4, -0.2) is 23.6 Å². The van der Waals surface area contributed by atoms with Crippen LogP contribution in [0.4, 0.5) is 23.2 Å². The minimum Gasteiger partial charge on any atom is -0.494 e. The Morgan fingerprint density at radius 2 is 1.64 bits per heavy atom. The number of hydrogen-bond donors (Lipinski definition) is 1. The number of carbonyl (C=O) groups is 1. The molecule has 3 aromatic carbocycles. The summed E-state index contributed by atoms with van der Waals surface area (Å²) in [6.45, 7) is 11.4. The Kier molecular flexibility index (Phi) is 12.0. The molecule has 3 rings (SSSR count). The molecule has 3 aromatic rings. The summed E-state index contributed by atoms with van der Waals surface area (Å²) in [5, 5.41) is 18.0. The number of methoxy groups -OCH3 is 1. The highest BCUT2D eigenvalue weighted by atomic mass is 32.2. The maximum Gasteiger partial charge on any atom is 0.335 e. The van der Waals surface area contributed by atoms with Gasteiger partial charge in [-0.3, -0.25) is 0 Å². The predicted octanol–water partition coefficient (Wildman–Crippen LogP) is 8.82. The minimum absolute atomic E-state index is 0.0112. The molecule has 0 aromatic heterocycles. The number of hydrogen-bond acceptors (Lipinski definition) is 5. The summed E-state index contributed by atoms with van der Waals surface area (Å²) < 4.78 is 63.0. The van der Waals surface area contributed by atoms with Gasteiger partial charge in [-0.1, -0.05) is 39.8 Å². The van der Waals surface area contributed by atoms with Crippen molar-refractivity contribution in [2.45, 2.75) is 58.1 Å². The van der Waals surface area contributed by atoms with E-state index < -0.39 is 45.6 Å². The monoisotopic (exact) mass is 602 g/mol. The van der Waals surface area contributed by atoms with Crippen LogP contribution < -0.4 is 9.64 Å². The molecule has 0 spiro atoms. The van der Waals surface area contributed by atoms with Crippen LogP contribution in [0.5, 0.6) is 5.75 Å². The van der Waals surface area contributed by atoms with Crippen LogP contribution in [0.3, 0.4) is 0 Å². The summed E-state index contributed by atoms with van der Waals surface area (Å²) in [5.41, 5.74) is 0.126. The van der Waals surface area contributed by atoms with Crippen molar-refractivity contribution in [3.8, 4) is 11.8 Å². The number of ether oxygens (including phenoxy) is 1. The molecule has 1 atom stereocenters. The van der Waals surface area contributed by atoms with Crippen molar-refractivity contribution in [2.24, 2.45) is 0 Å². The normalized spacial score (nSPS) is 12.1. The molecule has 1 unspecified atom stereocenters. The molecular formula is C32H34F4N2O3S. The van der Waals surface area contributed by atoms with Crippen LogP contribution in [0, 0.1) is 34.6 Å². The molecule has 0 aliphatic rings. The van der Waals surface area contributed by atoms with Gasteiger partial charge in [-0.15, -0.1) is 11.8 Å². The number of halogens is 4. The summed E-state index contributed by atoms with van der Waals surface area (Å²) in [7, 11) is 1.33. The number of nitrogens with zero attached hydrogens (tertiary/aromatic N) is 2. The first-order valence-electron chi connectivity index (χ1n) is 13.2. The first kappa shape index (κ1) is 34.2. The molecule has 0 aliphatic carbocycles. The zero-order chi connectivity index (χ0) is 31.8. The SMILES string of the molecule is C/C=C(\N(c1ccc(F)c(OC)c1)C(C)SCc1c(F)cc(C(=O)O)cc1F)C(C)(C)c1ccc(F)c(C#N)c1.CC. The lowest BCUT2D eigenvalue weighted by Gasteiger charge is -2.41. The molecule has 0 saturated heterocycles. The van der Waals surface area contributed by atoms with Gasteiger partial charge in [-0.05, 0) is 55.8 Å². The quantitative estimate of drug-likeness (QED) is 0.185. The number of nitriles is 1. The zero-order valence-corrected chi connectivity index (χ0v) is 25.4. The lowest BCUT2D eigenvalue weighted by Crippen LogP contribution is -2.39. The summed E-state index contributed by atoms with van der Waals surface area (Å²) in [6.07, 6.45) is 1.82. The van der Waals surface area contributed by atoms with E-state index in [1.54, 1.807) is 26.0 Å². The minimum atomic E-state index is -1.44. The van der Waals surface area contributed by atoms with Gasteiger partial charge in [0.2, 0.25) is 0 Å². The van der Waals surface area contributed by atoms with Crippen LogP contribution in [-0.2, 0) is 11.2 Å². The summed E-state index contributed by atoms with van der Waals surface area (Å²) in [4.78, 5) is 13.0. The fourth-order valence-electron chi connectivity index (χ4n) is 4.43. The van der Waals surface area contributed by atoms with Crippen molar-refractivity contribution in [1.82, 2.24) is 0 Å². The third-order valence-corrected chi connectivity index (χ3v) is 7.76. The van der Waals surface area contributed by atoms with E-state index in [0.29, 0.717) is 16.9 Å². The number of anilines is 1. The molecule has 0 saturated carbocycles. The van der Waals surface area contributed by atoms with Gasteiger partial charge in [0.15, 0.2) is 11.6 Å². The van der Waals surface area contributed by atoms with Crippen molar-refractivity contribution < 1.29 is 32.2 Å².